The Morgan fingerprint density at radius 3 is 2.24 bits per heavy atom. The van der Waals surface area contributed by atoms with E-state index in [1.807, 2.05) is 11.9 Å². The Hall–Kier alpha value is -2.12. The summed E-state index contributed by atoms with van der Waals surface area (Å²) in [6.45, 7) is 12.9. The highest BCUT2D eigenvalue weighted by molar-refractivity contribution is 5.93. The third-order valence-electron chi connectivity index (χ3n) is 6.67. The topological polar surface area (TPSA) is 80.0 Å². The second-order valence-corrected chi connectivity index (χ2v) is 11.2. The maximum Gasteiger partial charge on any atom is 0.218 e. The van der Waals surface area contributed by atoms with Crippen LogP contribution >= 0.6 is 0 Å². The molecule has 7 nitrogen and oxygen atoms in total. The SMILES string of the molecule is CCC[N+](C)(CC)CCC(C)CN=C(N)/N=C(\N)N(C)CCc1cccc(CC[N+](C)(C)C)c1. The Labute approximate surface area is 209 Å². The lowest BCUT2D eigenvalue weighted by molar-refractivity contribution is -0.908. The molecule has 0 radical (unpaired) electrons. The molecule has 194 valence electrons. The van der Waals surface area contributed by atoms with Crippen LogP contribution in [-0.4, -0.2) is 100 Å². The third kappa shape index (κ3) is 12.4. The summed E-state index contributed by atoms with van der Waals surface area (Å²) in [5.41, 5.74) is 15.0. The first-order chi connectivity index (χ1) is 15.9. The Balaban J connectivity index is 2.54. The van der Waals surface area contributed by atoms with Gasteiger partial charge in [0.2, 0.25) is 5.96 Å². The molecule has 2 atom stereocenters. The highest BCUT2D eigenvalue weighted by Gasteiger charge is 2.19. The predicted molar refractivity (Wildman–Crippen MR) is 148 cm³/mol. The molecule has 0 amide bonds. The fourth-order valence-electron chi connectivity index (χ4n) is 3.90. The van der Waals surface area contributed by atoms with Crippen LogP contribution < -0.4 is 11.5 Å². The van der Waals surface area contributed by atoms with Crippen molar-refractivity contribution in [3.05, 3.63) is 35.4 Å². The van der Waals surface area contributed by atoms with Crippen molar-refractivity contribution in [2.75, 3.05) is 74.5 Å². The normalized spacial score (nSPS) is 15.8. The van der Waals surface area contributed by atoms with E-state index in [0.29, 0.717) is 18.4 Å². The summed E-state index contributed by atoms with van der Waals surface area (Å²) in [6, 6.07) is 8.84. The van der Waals surface area contributed by atoms with Gasteiger partial charge in [0, 0.05) is 33.0 Å². The molecule has 0 saturated carbocycles. The number of nitrogens with zero attached hydrogens (tertiary/aromatic N) is 5. The number of likely N-dealkylation sites (N-methyl/N-ethyl adjacent to an activating group) is 2. The van der Waals surface area contributed by atoms with Crippen LogP contribution in [0.3, 0.4) is 0 Å². The zero-order valence-corrected chi connectivity index (χ0v) is 23.3. The van der Waals surface area contributed by atoms with Crippen LogP contribution in [0.25, 0.3) is 0 Å². The second-order valence-electron chi connectivity index (χ2n) is 11.2. The maximum atomic E-state index is 6.19. The Morgan fingerprint density at radius 1 is 1.00 bits per heavy atom. The number of hydrogen-bond donors (Lipinski definition) is 2. The van der Waals surface area contributed by atoms with Crippen molar-refractivity contribution in [1.29, 1.82) is 0 Å². The molecule has 0 aromatic heterocycles. The molecule has 0 aliphatic heterocycles. The molecule has 0 bridgehead atoms. The highest BCUT2D eigenvalue weighted by Crippen LogP contribution is 2.11. The van der Waals surface area contributed by atoms with Gasteiger partial charge in [-0.25, -0.2) is 0 Å². The predicted octanol–water partition coefficient (Wildman–Crippen LogP) is 2.94. The zero-order valence-electron chi connectivity index (χ0n) is 23.3. The van der Waals surface area contributed by atoms with Crippen LogP contribution in [0.15, 0.2) is 34.3 Å². The summed E-state index contributed by atoms with van der Waals surface area (Å²) in [4.78, 5) is 10.8. The number of rotatable bonds is 14. The van der Waals surface area contributed by atoms with Crippen molar-refractivity contribution >= 4 is 11.9 Å². The monoisotopic (exact) mass is 475 g/mol. The van der Waals surface area contributed by atoms with E-state index in [9.17, 15) is 0 Å². The van der Waals surface area contributed by atoms with Crippen molar-refractivity contribution in [2.45, 2.75) is 46.5 Å². The van der Waals surface area contributed by atoms with Crippen molar-refractivity contribution < 1.29 is 8.97 Å². The van der Waals surface area contributed by atoms with Crippen molar-refractivity contribution in [3.8, 4) is 0 Å². The fraction of sp³-hybridized carbons (Fsp3) is 0.704. The molecule has 34 heavy (non-hydrogen) atoms. The van der Waals surface area contributed by atoms with E-state index in [4.69, 9.17) is 11.5 Å². The molecule has 1 rings (SSSR count). The molecule has 0 heterocycles. The van der Waals surface area contributed by atoms with Crippen LogP contribution in [0.5, 0.6) is 0 Å². The molecule has 7 heteroatoms. The molecule has 2 unspecified atom stereocenters. The molecule has 0 aliphatic rings. The smallest absolute Gasteiger partial charge is 0.218 e. The summed E-state index contributed by atoms with van der Waals surface area (Å²) in [7, 11) is 11.0. The molecular formula is C27H53N7+2. The van der Waals surface area contributed by atoms with Crippen LogP contribution in [0.1, 0.15) is 44.7 Å². The lowest BCUT2D eigenvalue weighted by atomic mass is 10.1. The molecule has 0 spiro atoms. The van der Waals surface area contributed by atoms with Crippen LogP contribution in [-0.2, 0) is 12.8 Å². The van der Waals surface area contributed by atoms with E-state index in [2.05, 4.69) is 83.2 Å². The number of hydrogen-bond acceptors (Lipinski definition) is 1. The van der Waals surface area contributed by atoms with Crippen molar-refractivity contribution in [3.63, 3.8) is 0 Å². The van der Waals surface area contributed by atoms with E-state index in [-0.39, 0.29) is 5.96 Å². The Bertz CT molecular complexity index is 781. The van der Waals surface area contributed by atoms with Gasteiger partial charge in [0.15, 0.2) is 5.96 Å². The molecule has 0 fully saturated rings. The quantitative estimate of drug-likeness (QED) is 0.247. The first kappa shape index (κ1) is 29.9. The fourth-order valence-corrected chi connectivity index (χ4v) is 3.90. The summed E-state index contributed by atoms with van der Waals surface area (Å²) in [5, 5.41) is 0. The largest absolute Gasteiger partial charge is 0.369 e. The van der Waals surface area contributed by atoms with Gasteiger partial charge in [-0.3, -0.25) is 4.99 Å². The van der Waals surface area contributed by atoms with Gasteiger partial charge in [0.1, 0.15) is 0 Å². The maximum absolute atomic E-state index is 6.19. The lowest BCUT2D eigenvalue weighted by Crippen LogP contribution is -2.45. The van der Waals surface area contributed by atoms with Crippen LogP contribution in [0, 0.1) is 5.92 Å². The van der Waals surface area contributed by atoms with E-state index in [0.717, 1.165) is 41.3 Å². The van der Waals surface area contributed by atoms with Gasteiger partial charge in [-0.1, -0.05) is 38.1 Å². The Morgan fingerprint density at radius 2 is 1.65 bits per heavy atom. The molecule has 1 aromatic carbocycles. The van der Waals surface area contributed by atoms with Gasteiger partial charge < -0.3 is 25.3 Å². The number of quaternary nitrogens is 2. The van der Waals surface area contributed by atoms with Gasteiger partial charge in [-0.15, -0.1) is 0 Å². The molecular weight excluding hydrogens is 422 g/mol. The molecule has 4 N–H and O–H groups in total. The van der Waals surface area contributed by atoms with Crippen LogP contribution in [0.2, 0.25) is 0 Å². The average Bonchev–Trinajstić information content (AvgIpc) is 2.78. The van der Waals surface area contributed by atoms with Gasteiger partial charge in [-0.05, 0) is 36.8 Å². The number of benzene rings is 1. The number of guanidine groups is 2. The number of aliphatic imine (C=N–C) groups is 2. The lowest BCUT2D eigenvalue weighted by Gasteiger charge is -2.34. The second kappa shape index (κ2) is 14.3. The minimum atomic E-state index is 0.264. The minimum absolute atomic E-state index is 0.264. The summed E-state index contributed by atoms with van der Waals surface area (Å²) < 4.78 is 2.09. The Kier molecular flexibility index (Phi) is 12.6. The average molecular weight is 476 g/mol. The summed E-state index contributed by atoms with van der Waals surface area (Å²) in [5.74, 6) is 1.14. The van der Waals surface area contributed by atoms with Crippen LogP contribution in [0.4, 0.5) is 0 Å². The van der Waals surface area contributed by atoms with E-state index < -0.39 is 0 Å². The highest BCUT2D eigenvalue weighted by atomic mass is 15.3. The summed E-state index contributed by atoms with van der Waals surface area (Å²) >= 11 is 0. The van der Waals surface area contributed by atoms with E-state index >= 15 is 0 Å². The molecule has 0 saturated heterocycles. The van der Waals surface area contributed by atoms with Gasteiger partial charge >= 0.3 is 0 Å². The zero-order chi connectivity index (χ0) is 25.8. The number of nitrogens with two attached hydrogens (primary N) is 2. The minimum Gasteiger partial charge on any atom is -0.369 e. The van der Waals surface area contributed by atoms with Crippen molar-refractivity contribution in [1.82, 2.24) is 4.90 Å². The third-order valence-corrected chi connectivity index (χ3v) is 6.67. The van der Waals surface area contributed by atoms with E-state index in [1.165, 1.54) is 37.2 Å². The first-order valence-corrected chi connectivity index (χ1v) is 12.9. The first-order valence-electron chi connectivity index (χ1n) is 12.9. The van der Waals surface area contributed by atoms with Crippen molar-refractivity contribution in [2.24, 2.45) is 27.4 Å². The van der Waals surface area contributed by atoms with Gasteiger partial charge in [-0.2, -0.15) is 4.99 Å². The standard InChI is InChI=1S/C27H53N7/c1-9-18-34(8,10-2)20-15-23(3)22-30-26(28)31-27(29)32(4)17-14-24-12-11-13-25(21-24)16-19-33(5,6)7/h11-13,21,23H,9-10,14-20,22H2,1-8H3,(H4,28,29,30,31)/q+2. The summed E-state index contributed by atoms with van der Waals surface area (Å²) in [6.07, 6.45) is 4.34. The van der Waals surface area contributed by atoms with E-state index in [1.54, 1.807) is 0 Å². The van der Waals surface area contributed by atoms with Gasteiger partial charge in [0.05, 0.1) is 54.4 Å². The van der Waals surface area contributed by atoms with Gasteiger partial charge in [0.25, 0.3) is 0 Å². The molecule has 1 aromatic rings. The molecule has 0 aliphatic carbocycles.